The quantitative estimate of drug-likeness (QED) is 0.339. The summed E-state index contributed by atoms with van der Waals surface area (Å²) >= 11 is 0. The zero-order valence-corrected chi connectivity index (χ0v) is 29.7. The number of carbonyl (C=O) groups excluding carboxylic acids is 5. The highest BCUT2D eigenvalue weighted by atomic mass is 32.2. The van der Waals surface area contributed by atoms with Crippen LogP contribution >= 0.6 is 0 Å². The van der Waals surface area contributed by atoms with Crippen molar-refractivity contribution in [2.75, 3.05) is 0 Å². The van der Waals surface area contributed by atoms with Crippen molar-refractivity contribution in [2.24, 2.45) is 5.92 Å². The van der Waals surface area contributed by atoms with Gasteiger partial charge in [-0.1, -0.05) is 30.4 Å². The molecular weight excluding hydrogens is 685 g/mol. The second kappa shape index (κ2) is 13.6. The molecule has 14 nitrogen and oxygen atoms in total. The molecule has 3 aliphatic heterocycles. The van der Waals surface area contributed by atoms with Gasteiger partial charge in [-0.2, -0.15) is 0 Å². The predicted octanol–water partition coefficient (Wildman–Crippen LogP) is 2.92. The van der Waals surface area contributed by atoms with Crippen LogP contribution in [0.1, 0.15) is 76.8 Å². The summed E-state index contributed by atoms with van der Waals surface area (Å²) in [4.78, 5) is 71.1. The van der Waals surface area contributed by atoms with Crippen molar-refractivity contribution in [3.8, 4) is 0 Å². The third-order valence-electron chi connectivity index (χ3n) is 9.98. The number of sulfonamides is 1. The van der Waals surface area contributed by atoms with Gasteiger partial charge in [0.25, 0.3) is 5.91 Å². The zero-order chi connectivity index (χ0) is 36.9. The van der Waals surface area contributed by atoms with E-state index in [0.717, 1.165) is 0 Å². The molecule has 2 aliphatic carbocycles. The van der Waals surface area contributed by atoms with Crippen LogP contribution in [0.5, 0.6) is 0 Å². The molecule has 0 aromatic heterocycles. The Morgan fingerprint density at radius 2 is 1.84 bits per heavy atom. The fourth-order valence-corrected chi connectivity index (χ4v) is 8.47. The van der Waals surface area contributed by atoms with E-state index in [-0.39, 0.29) is 32.4 Å². The van der Waals surface area contributed by atoms with E-state index in [9.17, 15) is 36.8 Å². The molecule has 3 fully saturated rings. The van der Waals surface area contributed by atoms with Gasteiger partial charge in [0.05, 0.1) is 17.8 Å². The summed E-state index contributed by atoms with van der Waals surface area (Å²) in [5, 5.41) is 4.67. The first-order valence-corrected chi connectivity index (χ1v) is 18.8. The van der Waals surface area contributed by atoms with Crippen LogP contribution in [0.15, 0.2) is 43.0 Å². The van der Waals surface area contributed by atoms with Gasteiger partial charge in [0.2, 0.25) is 21.8 Å². The molecule has 51 heavy (non-hydrogen) atoms. The molecular formula is C35H44FN5O9S. The SMILES string of the molecule is C=C[C@@H]1CC1(NC(=O)[C@@H]1C[C@@H](OC(=O)N2Cc3cccc(F)c3C2)C2CC/C=C\CC(NC(=O)OC(C)(C)C)C(=O)N21)C(=O)NS(=O)(=O)C1CC1. The van der Waals surface area contributed by atoms with Gasteiger partial charge >= 0.3 is 12.2 Å². The number of rotatable bonds is 8. The van der Waals surface area contributed by atoms with Gasteiger partial charge in [-0.3, -0.25) is 24.0 Å². The number of amides is 5. The Kier molecular flexibility index (Phi) is 9.67. The lowest BCUT2D eigenvalue weighted by atomic mass is 10.1. The van der Waals surface area contributed by atoms with Crippen molar-refractivity contribution in [1.29, 1.82) is 0 Å². The Labute approximate surface area is 296 Å². The van der Waals surface area contributed by atoms with Gasteiger partial charge in [-0.25, -0.2) is 22.4 Å². The van der Waals surface area contributed by atoms with Gasteiger partial charge in [-0.15, -0.1) is 6.58 Å². The standard InChI is InChI=1S/C35H44FN5O9S/c1-5-21-17-35(21,31(44)39-51(47,48)22-14-15-22)38-29(42)27-16-28(49-33(46)40-18-20-10-9-11-24(36)23(20)19-40)26-13-8-6-7-12-25(30(43)41(26)27)37-32(45)50-34(2,3)4/h5-7,9-11,21-22,25-28H,1,8,12-19H2,2-4H3,(H,37,45)(H,38,42)(H,39,44)/b7-6-/t21-,25?,26?,27+,28-,35?/m1/s1. The summed E-state index contributed by atoms with van der Waals surface area (Å²) in [5.41, 5.74) is -1.45. The van der Waals surface area contributed by atoms with E-state index in [2.05, 4.69) is 21.9 Å². The number of alkyl carbamates (subject to hydrolysis) is 1. The van der Waals surface area contributed by atoms with Crippen LogP contribution in [0, 0.1) is 11.7 Å². The van der Waals surface area contributed by atoms with Crippen molar-refractivity contribution >= 4 is 39.9 Å². The van der Waals surface area contributed by atoms with Crippen LogP contribution in [-0.2, 0) is 47.0 Å². The maximum atomic E-state index is 14.5. The first-order valence-electron chi connectivity index (χ1n) is 17.2. The first kappa shape index (κ1) is 36.3. The minimum Gasteiger partial charge on any atom is -0.444 e. The lowest BCUT2D eigenvalue weighted by Gasteiger charge is -2.34. The average Bonchev–Trinajstić information content (AvgIpc) is 3.94. The summed E-state index contributed by atoms with van der Waals surface area (Å²) in [6.45, 7) is 8.87. The molecule has 6 atom stereocenters. The second-order valence-electron chi connectivity index (χ2n) is 14.9. The molecule has 2 saturated carbocycles. The molecule has 0 spiro atoms. The molecule has 0 bridgehead atoms. The van der Waals surface area contributed by atoms with Gasteiger partial charge in [0, 0.05) is 24.4 Å². The number of halogens is 1. The van der Waals surface area contributed by atoms with E-state index in [0.29, 0.717) is 36.8 Å². The highest BCUT2D eigenvalue weighted by Gasteiger charge is 2.62. The van der Waals surface area contributed by atoms with E-state index >= 15 is 0 Å². The molecule has 3 N–H and O–H groups in total. The van der Waals surface area contributed by atoms with E-state index in [1.807, 2.05) is 6.08 Å². The number of ether oxygens (including phenoxy) is 2. The molecule has 1 aromatic carbocycles. The number of allylic oxidation sites excluding steroid dienone is 1. The fraction of sp³-hybridized carbons (Fsp3) is 0.571. The normalized spacial score (nSPS) is 29.3. The summed E-state index contributed by atoms with van der Waals surface area (Å²) in [7, 11) is -3.94. The maximum absolute atomic E-state index is 14.5. The minimum atomic E-state index is -3.94. The van der Waals surface area contributed by atoms with Crippen LogP contribution in [0.25, 0.3) is 0 Å². The van der Waals surface area contributed by atoms with E-state index < -0.39 is 92.3 Å². The molecule has 5 amide bonds. The highest BCUT2D eigenvalue weighted by molar-refractivity contribution is 7.91. The van der Waals surface area contributed by atoms with Crippen LogP contribution < -0.4 is 15.4 Å². The molecule has 1 aromatic rings. The second-order valence-corrected chi connectivity index (χ2v) is 16.8. The third-order valence-corrected chi connectivity index (χ3v) is 11.8. The topological polar surface area (TPSA) is 181 Å². The van der Waals surface area contributed by atoms with Gasteiger partial charge in [-0.05, 0) is 70.9 Å². The van der Waals surface area contributed by atoms with Gasteiger partial charge in [0.1, 0.15) is 35.1 Å². The number of hydrogen-bond donors (Lipinski definition) is 3. The number of nitrogens with zero attached hydrogens (tertiary/aromatic N) is 2. The number of fused-ring (bicyclic) bond motifs is 2. The van der Waals surface area contributed by atoms with E-state index in [4.69, 9.17) is 9.47 Å². The van der Waals surface area contributed by atoms with Gasteiger partial charge in [0.15, 0.2) is 0 Å². The lowest BCUT2D eigenvalue weighted by Crippen LogP contribution is -2.59. The molecule has 276 valence electrons. The first-order chi connectivity index (χ1) is 24.0. The number of benzene rings is 1. The minimum absolute atomic E-state index is 0.0141. The Hall–Kier alpha value is -4.47. The summed E-state index contributed by atoms with van der Waals surface area (Å²) in [6, 6.07) is 1.35. The molecule has 0 radical (unpaired) electrons. The maximum Gasteiger partial charge on any atom is 0.410 e. The van der Waals surface area contributed by atoms with Crippen LogP contribution in [0.3, 0.4) is 0 Å². The largest absolute Gasteiger partial charge is 0.444 e. The van der Waals surface area contributed by atoms with Crippen LogP contribution in [0.2, 0.25) is 0 Å². The van der Waals surface area contributed by atoms with Crippen molar-refractivity contribution < 1.29 is 46.3 Å². The van der Waals surface area contributed by atoms with Crippen molar-refractivity contribution in [3.63, 3.8) is 0 Å². The average molecular weight is 730 g/mol. The number of carbonyl (C=O) groups is 5. The van der Waals surface area contributed by atoms with Crippen LogP contribution in [-0.4, -0.2) is 88.7 Å². The van der Waals surface area contributed by atoms with Crippen molar-refractivity contribution in [2.45, 2.75) is 119 Å². The summed E-state index contributed by atoms with van der Waals surface area (Å²) in [6.07, 6.45) is 4.08. The van der Waals surface area contributed by atoms with E-state index in [1.54, 1.807) is 39.0 Å². The Bertz CT molecular complexity index is 1770. The highest BCUT2D eigenvalue weighted by Crippen LogP contribution is 2.46. The monoisotopic (exact) mass is 729 g/mol. The van der Waals surface area contributed by atoms with Crippen molar-refractivity contribution in [1.82, 2.24) is 25.2 Å². The van der Waals surface area contributed by atoms with Gasteiger partial charge < -0.3 is 25.0 Å². The number of nitrogens with one attached hydrogen (secondary N) is 3. The Morgan fingerprint density at radius 3 is 2.49 bits per heavy atom. The molecule has 6 rings (SSSR count). The smallest absolute Gasteiger partial charge is 0.410 e. The Balaban J connectivity index is 1.27. The van der Waals surface area contributed by atoms with Crippen molar-refractivity contribution in [3.05, 3.63) is 60.0 Å². The van der Waals surface area contributed by atoms with E-state index in [1.165, 1.54) is 21.9 Å². The molecule has 5 aliphatic rings. The fourth-order valence-electron chi connectivity index (χ4n) is 7.10. The Morgan fingerprint density at radius 1 is 1.10 bits per heavy atom. The predicted molar refractivity (Wildman–Crippen MR) is 180 cm³/mol. The third kappa shape index (κ3) is 7.60. The zero-order valence-electron chi connectivity index (χ0n) is 28.9. The van der Waals surface area contributed by atoms with Crippen LogP contribution in [0.4, 0.5) is 14.0 Å². The summed E-state index contributed by atoms with van der Waals surface area (Å²) < 4.78 is 53.3. The molecule has 1 saturated heterocycles. The molecule has 3 heterocycles. The molecule has 16 heteroatoms. The summed E-state index contributed by atoms with van der Waals surface area (Å²) in [5.74, 6) is -3.29. The lowest BCUT2D eigenvalue weighted by molar-refractivity contribution is -0.143. The molecule has 3 unspecified atom stereocenters. The number of hydrogen-bond acceptors (Lipinski definition) is 9.